The SMILES string of the molecule is COc1cc(CNC(=O)Cc2ccccc2F)ccc1OCCC(C)C. The molecule has 0 aromatic heterocycles. The summed E-state index contributed by atoms with van der Waals surface area (Å²) in [5, 5.41) is 2.80. The Labute approximate surface area is 154 Å². The second kappa shape index (κ2) is 9.80. The molecule has 2 rings (SSSR count). The lowest BCUT2D eigenvalue weighted by atomic mass is 10.1. The van der Waals surface area contributed by atoms with E-state index in [2.05, 4.69) is 19.2 Å². The van der Waals surface area contributed by atoms with Crippen molar-refractivity contribution in [3.63, 3.8) is 0 Å². The van der Waals surface area contributed by atoms with Crippen LogP contribution in [0.1, 0.15) is 31.4 Å². The van der Waals surface area contributed by atoms with Gasteiger partial charge in [0.15, 0.2) is 11.5 Å². The molecule has 0 radical (unpaired) electrons. The standard InChI is InChI=1S/C21H26FNO3/c1-15(2)10-11-26-19-9-8-16(12-20(19)25-3)14-23-21(24)13-17-6-4-5-7-18(17)22/h4-9,12,15H,10-11,13-14H2,1-3H3,(H,23,24). The minimum absolute atomic E-state index is 0.0141. The summed E-state index contributed by atoms with van der Waals surface area (Å²) in [6, 6.07) is 11.9. The Morgan fingerprint density at radius 3 is 2.62 bits per heavy atom. The van der Waals surface area contributed by atoms with Gasteiger partial charge in [0.25, 0.3) is 0 Å². The molecular weight excluding hydrogens is 333 g/mol. The number of amides is 1. The molecule has 0 saturated carbocycles. The molecule has 0 fully saturated rings. The molecule has 140 valence electrons. The average Bonchev–Trinajstić information content (AvgIpc) is 2.62. The maximum Gasteiger partial charge on any atom is 0.224 e. The number of hydrogen-bond donors (Lipinski definition) is 1. The molecule has 0 spiro atoms. The summed E-state index contributed by atoms with van der Waals surface area (Å²) >= 11 is 0. The fourth-order valence-electron chi connectivity index (χ4n) is 2.42. The molecule has 5 heteroatoms. The number of rotatable bonds is 9. The Kier molecular flexibility index (Phi) is 7.45. The molecule has 2 aromatic carbocycles. The largest absolute Gasteiger partial charge is 0.493 e. The highest BCUT2D eigenvalue weighted by atomic mass is 19.1. The lowest BCUT2D eigenvalue weighted by molar-refractivity contribution is -0.120. The van der Waals surface area contributed by atoms with Crippen LogP contribution in [0.4, 0.5) is 4.39 Å². The van der Waals surface area contributed by atoms with Crippen molar-refractivity contribution in [2.45, 2.75) is 33.2 Å². The maximum absolute atomic E-state index is 13.6. The zero-order valence-corrected chi connectivity index (χ0v) is 15.5. The molecule has 1 amide bonds. The van der Waals surface area contributed by atoms with E-state index in [0.717, 1.165) is 12.0 Å². The third-order valence-corrected chi connectivity index (χ3v) is 3.98. The fraction of sp³-hybridized carbons (Fsp3) is 0.381. The molecule has 0 heterocycles. The third-order valence-electron chi connectivity index (χ3n) is 3.98. The molecule has 0 aliphatic heterocycles. The van der Waals surface area contributed by atoms with E-state index in [0.29, 0.717) is 36.1 Å². The number of carbonyl (C=O) groups is 1. The van der Waals surface area contributed by atoms with Crippen LogP contribution in [0.2, 0.25) is 0 Å². The van der Waals surface area contributed by atoms with E-state index in [1.807, 2.05) is 18.2 Å². The second-order valence-electron chi connectivity index (χ2n) is 6.56. The van der Waals surface area contributed by atoms with Gasteiger partial charge in [0.1, 0.15) is 5.82 Å². The Hall–Kier alpha value is -2.56. The van der Waals surface area contributed by atoms with Gasteiger partial charge < -0.3 is 14.8 Å². The van der Waals surface area contributed by atoms with Gasteiger partial charge in [0, 0.05) is 6.54 Å². The smallest absolute Gasteiger partial charge is 0.224 e. The van der Waals surface area contributed by atoms with Gasteiger partial charge >= 0.3 is 0 Å². The number of hydrogen-bond acceptors (Lipinski definition) is 3. The monoisotopic (exact) mass is 359 g/mol. The molecule has 0 atom stereocenters. The lowest BCUT2D eigenvalue weighted by Gasteiger charge is -2.13. The summed E-state index contributed by atoms with van der Waals surface area (Å²) < 4.78 is 24.7. The van der Waals surface area contributed by atoms with Crippen LogP contribution in [0.3, 0.4) is 0 Å². The summed E-state index contributed by atoms with van der Waals surface area (Å²) in [7, 11) is 1.59. The van der Waals surface area contributed by atoms with Crippen molar-refractivity contribution in [2.24, 2.45) is 5.92 Å². The van der Waals surface area contributed by atoms with E-state index in [1.165, 1.54) is 6.07 Å². The summed E-state index contributed by atoms with van der Waals surface area (Å²) in [6.07, 6.45) is 0.983. The first-order valence-corrected chi connectivity index (χ1v) is 8.79. The Morgan fingerprint density at radius 2 is 1.92 bits per heavy atom. The minimum Gasteiger partial charge on any atom is -0.493 e. The van der Waals surface area contributed by atoms with Crippen LogP contribution in [0.5, 0.6) is 11.5 Å². The fourth-order valence-corrected chi connectivity index (χ4v) is 2.42. The highest BCUT2D eigenvalue weighted by molar-refractivity contribution is 5.78. The maximum atomic E-state index is 13.6. The first-order valence-electron chi connectivity index (χ1n) is 8.79. The zero-order valence-electron chi connectivity index (χ0n) is 15.5. The molecule has 0 saturated heterocycles. The van der Waals surface area contributed by atoms with Crippen LogP contribution >= 0.6 is 0 Å². The van der Waals surface area contributed by atoms with Crippen LogP contribution in [-0.2, 0) is 17.8 Å². The highest BCUT2D eigenvalue weighted by Crippen LogP contribution is 2.28. The average molecular weight is 359 g/mol. The molecule has 0 unspecified atom stereocenters. The number of benzene rings is 2. The predicted molar refractivity (Wildman–Crippen MR) is 99.9 cm³/mol. The Balaban J connectivity index is 1.90. The van der Waals surface area contributed by atoms with Crippen LogP contribution in [0, 0.1) is 11.7 Å². The van der Waals surface area contributed by atoms with Crippen molar-refractivity contribution < 1.29 is 18.7 Å². The van der Waals surface area contributed by atoms with Gasteiger partial charge in [-0.15, -0.1) is 0 Å². The molecule has 2 aromatic rings. The van der Waals surface area contributed by atoms with Gasteiger partial charge in [-0.25, -0.2) is 4.39 Å². The Morgan fingerprint density at radius 1 is 1.15 bits per heavy atom. The van der Waals surface area contributed by atoms with E-state index < -0.39 is 0 Å². The molecule has 1 N–H and O–H groups in total. The van der Waals surface area contributed by atoms with E-state index in [4.69, 9.17) is 9.47 Å². The summed E-state index contributed by atoms with van der Waals surface area (Å²) in [4.78, 5) is 12.0. The van der Waals surface area contributed by atoms with E-state index in [-0.39, 0.29) is 18.1 Å². The summed E-state index contributed by atoms with van der Waals surface area (Å²) in [6.45, 7) is 5.27. The minimum atomic E-state index is -0.368. The molecule has 4 nitrogen and oxygen atoms in total. The third kappa shape index (κ3) is 6.06. The van der Waals surface area contributed by atoms with Gasteiger partial charge in [-0.3, -0.25) is 4.79 Å². The summed E-state index contributed by atoms with van der Waals surface area (Å²) in [5.41, 5.74) is 1.27. The van der Waals surface area contributed by atoms with Crippen molar-refractivity contribution in [2.75, 3.05) is 13.7 Å². The topological polar surface area (TPSA) is 47.6 Å². The second-order valence-corrected chi connectivity index (χ2v) is 6.56. The lowest BCUT2D eigenvalue weighted by Crippen LogP contribution is -2.24. The van der Waals surface area contributed by atoms with Crippen LogP contribution in [-0.4, -0.2) is 19.6 Å². The van der Waals surface area contributed by atoms with Gasteiger partial charge in [0.05, 0.1) is 20.1 Å². The van der Waals surface area contributed by atoms with E-state index in [9.17, 15) is 9.18 Å². The quantitative estimate of drug-likeness (QED) is 0.733. The van der Waals surface area contributed by atoms with Crippen molar-refractivity contribution >= 4 is 5.91 Å². The molecule has 0 bridgehead atoms. The van der Waals surface area contributed by atoms with Crippen LogP contribution < -0.4 is 14.8 Å². The number of ether oxygens (including phenoxy) is 2. The first-order chi connectivity index (χ1) is 12.5. The molecular formula is C21H26FNO3. The summed E-state index contributed by atoms with van der Waals surface area (Å²) in [5.74, 6) is 1.30. The number of nitrogens with one attached hydrogen (secondary N) is 1. The van der Waals surface area contributed by atoms with Gasteiger partial charge in [0.2, 0.25) is 5.91 Å². The van der Waals surface area contributed by atoms with Crippen molar-refractivity contribution in [1.82, 2.24) is 5.32 Å². The van der Waals surface area contributed by atoms with Gasteiger partial charge in [-0.05, 0) is 41.7 Å². The van der Waals surface area contributed by atoms with Crippen LogP contribution in [0.25, 0.3) is 0 Å². The molecule has 26 heavy (non-hydrogen) atoms. The Bertz CT molecular complexity index is 731. The number of halogens is 1. The van der Waals surface area contributed by atoms with E-state index >= 15 is 0 Å². The molecule has 0 aliphatic rings. The van der Waals surface area contributed by atoms with Crippen molar-refractivity contribution in [3.05, 3.63) is 59.4 Å². The van der Waals surface area contributed by atoms with Crippen molar-refractivity contribution in [1.29, 1.82) is 0 Å². The number of carbonyl (C=O) groups excluding carboxylic acids is 1. The highest BCUT2D eigenvalue weighted by Gasteiger charge is 2.10. The predicted octanol–water partition coefficient (Wildman–Crippen LogP) is 4.12. The zero-order chi connectivity index (χ0) is 18.9. The first kappa shape index (κ1) is 19.8. The normalized spacial score (nSPS) is 10.7. The van der Waals surface area contributed by atoms with Gasteiger partial charge in [-0.1, -0.05) is 38.1 Å². The van der Waals surface area contributed by atoms with E-state index in [1.54, 1.807) is 25.3 Å². The van der Waals surface area contributed by atoms with Crippen molar-refractivity contribution in [3.8, 4) is 11.5 Å². The molecule has 0 aliphatic carbocycles. The van der Waals surface area contributed by atoms with Gasteiger partial charge in [-0.2, -0.15) is 0 Å². The number of methoxy groups -OCH3 is 1. The van der Waals surface area contributed by atoms with Crippen LogP contribution in [0.15, 0.2) is 42.5 Å².